The van der Waals surface area contributed by atoms with Gasteiger partial charge in [-0.05, 0) is 49.7 Å². The van der Waals surface area contributed by atoms with Crippen molar-refractivity contribution in [2.75, 3.05) is 22.4 Å². The van der Waals surface area contributed by atoms with Crippen molar-refractivity contribution in [3.05, 3.63) is 58.6 Å². The Hall–Kier alpha value is -2.39. The number of rotatable bonds is 8. The third kappa shape index (κ3) is 6.57. The number of halogens is 1. The van der Waals surface area contributed by atoms with E-state index in [0.29, 0.717) is 16.9 Å². The van der Waals surface area contributed by atoms with Gasteiger partial charge in [-0.15, -0.1) is 0 Å². The second-order valence-electron chi connectivity index (χ2n) is 6.62. The molecule has 2 rings (SSSR count). The van der Waals surface area contributed by atoms with Crippen LogP contribution in [0.1, 0.15) is 30.6 Å². The van der Waals surface area contributed by atoms with Crippen LogP contribution in [0.15, 0.2) is 53.0 Å². The highest BCUT2D eigenvalue weighted by atomic mass is 79.9. The van der Waals surface area contributed by atoms with Crippen LogP contribution >= 0.6 is 15.9 Å². The highest BCUT2D eigenvalue weighted by Crippen LogP contribution is 2.21. The maximum Gasteiger partial charge on any atom is 0.253 e. The number of hydrogen-bond acceptors (Lipinski definition) is 4. The van der Waals surface area contributed by atoms with E-state index in [-0.39, 0.29) is 11.9 Å². The van der Waals surface area contributed by atoms with E-state index in [0.717, 1.165) is 21.5 Å². The predicted molar refractivity (Wildman–Crippen MR) is 119 cm³/mol. The molecule has 1 atom stereocenters. The third-order valence-electron chi connectivity index (χ3n) is 4.24. The van der Waals surface area contributed by atoms with Crippen molar-refractivity contribution < 1.29 is 18.0 Å². The Kier molecular flexibility index (Phi) is 7.80. The van der Waals surface area contributed by atoms with Crippen molar-refractivity contribution in [1.29, 1.82) is 0 Å². The summed E-state index contributed by atoms with van der Waals surface area (Å²) in [6, 6.07) is 13.2. The molecule has 0 aromatic heterocycles. The number of amides is 2. The summed E-state index contributed by atoms with van der Waals surface area (Å²) in [6.45, 7) is 3.43. The van der Waals surface area contributed by atoms with Crippen LogP contribution in [-0.4, -0.2) is 39.1 Å². The Morgan fingerprint density at radius 2 is 1.72 bits per heavy atom. The van der Waals surface area contributed by atoms with Crippen LogP contribution in [0.3, 0.4) is 0 Å². The van der Waals surface area contributed by atoms with Crippen LogP contribution in [0, 0.1) is 0 Å². The number of hydrogen-bond donors (Lipinski definition) is 2. The van der Waals surface area contributed by atoms with E-state index in [1.807, 2.05) is 13.8 Å². The predicted octanol–water partition coefficient (Wildman–Crippen LogP) is 3.38. The van der Waals surface area contributed by atoms with E-state index in [4.69, 9.17) is 0 Å². The number of sulfonamides is 1. The van der Waals surface area contributed by atoms with Crippen LogP contribution in [0.2, 0.25) is 0 Å². The summed E-state index contributed by atoms with van der Waals surface area (Å²) < 4.78 is 26.2. The van der Waals surface area contributed by atoms with Crippen molar-refractivity contribution in [2.45, 2.75) is 26.3 Å². The van der Waals surface area contributed by atoms with Gasteiger partial charge in [-0.25, -0.2) is 8.42 Å². The van der Waals surface area contributed by atoms with Gasteiger partial charge in [0.25, 0.3) is 5.91 Å². The van der Waals surface area contributed by atoms with Gasteiger partial charge in [0.15, 0.2) is 0 Å². The number of carbonyl (C=O) groups excluding carboxylic acids is 2. The number of para-hydroxylation sites is 1. The average molecular weight is 482 g/mol. The Morgan fingerprint density at radius 1 is 1.10 bits per heavy atom. The van der Waals surface area contributed by atoms with E-state index >= 15 is 0 Å². The number of nitrogens with one attached hydrogen (secondary N) is 2. The molecule has 0 fully saturated rings. The lowest BCUT2D eigenvalue weighted by Gasteiger charge is -2.22. The van der Waals surface area contributed by atoms with Gasteiger partial charge in [0.2, 0.25) is 15.9 Å². The minimum absolute atomic E-state index is 0.00983. The molecule has 29 heavy (non-hydrogen) atoms. The van der Waals surface area contributed by atoms with Crippen LogP contribution in [-0.2, 0) is 14.8 Å². The lowest BCUT2D eigenvalue weighted by molar-refractivity contribution is -0.114. The largest absolute Gasteiger partial charge is 0.350 e. The summed E-state index contributed by atoms with van der Waals surface area (Å²) in [5.41, 5.74) is 1.01. The zero-order valence-corrected chi connectivity index (χ0v) is 18.9. The molecule has 0 saturated heterocycles. The average Bonchev–Trinajstić information content (AvgIpc) is 2.66. The zero-order chi connectivity index (χ0) is 21.6. The third-order valence-corrected chi connectivity index (χ3v) is 5.91. The summed E-state index contributed by atoms with van der Waals surface area (Å²) in [6.07, 6.45) is 1.81. The Labute approximate surface area is 179 Å². The molecule has 1 unspecified atom stereocenters. The molecule has 0 aliphatic carbocycles. The fourth-order valence-electron chi connectivity index (χ4n) is 2.52. The molecule has 7 nitrogen and oxygen atoms in total. The number of carbonyl (C=O) groups is 2. The normalized spacial score (nSPS) is 12.1. The van der Waals surface area contributed by atoms with E-state index < -0.39 is 22.5 Å². The summed E-state index contributed by atoms with van der Waals surface area (Å²) in [5.74, 6) is -0.856. The lowest BCUT2D eigenvalue weighted by atomic mass is 10.1. The molecule has 0 bridgehead atoms. The van der Waals surface area contributed by atoms with E-state index in [9.17, 15) is 18.0 Å². The van der Waals surface area contributed by atoms with Gasteiger partial charge in [-0.1, -0.05) is 35.0 Å². The molecular weight excluding hydrogens is 458 g/mol. The molecule has 2 aromatic rings. The smallest absolute Gasteiger partial charge is 0.253 e. The molecule has 2 N–H and O–H groups in total. The number of nitrogens with zero attached hydrogens (tertiary/aromatic N) is 1. The van der Waals surface area contributed by atoms with Gasteiger partial charge in [0, 0.05) is 10.5 Å². The molecular formula is C20H24BrN3O4S. The lowest BCUT2D eigenvalue weighted by Crippen LogP contribution is -2.38. The molecule has 0 radical (unpaired) electrons. The standard InChI is InChI=1S/C20H24BrN3O4S/c1-4-14(2)22-20(26)17-7-5-6-8-18(17)23-19(25)13-24(29(3,27)28)16-11-9-15(21)10-12-16/h5-12,14H,4,13H2,1-3H3,(H,22,26)(H,23,25). The van der Waals surface area contributed by atoms with E-state index in [1.54, 1.807) is 48.5 Å². The highest BCUT2D eigenvalue weighted by Gasteiger charge is 2.22. The van der Waals surface area contributed by atoms with Crippen molar-refractivity contribution in [2.24, 2.45) is 0 Å². The van der Waals surface area contributed by atoms with Crippen molar-refractivity contribution in [1.82, 2.24) is 5.32 Å². The van der Waals surface area contributed by atoms with Crippen LogP contribution in [0.5, 0.6) is 0 Å². The molecule has 0 aliphatic heterocycles. The highest BCUT2D eigenvalue weighted by molar-refractivity contribution is 9.10. The summed E-state index contributed by atoms with van der Waals surface area (Å²) >= 11 is 3.30. The minimum atomic E-state index is -3.69. The van der Waals surface area contributed by atoms with Gasteiger partial charge < -0.3 is 10.6 Å². The van der Waals surface area contributed by atoms with E-state index in [1.165, 1.54) is 0 Å². The van der Waals surface area contributed by atoms with Crippen LogP contribution < -0.4 is 14.9 Å². The van der Waals surface area contributed by atoms with Crippen LogP contribution in [0.25, 0.3) is 0 Å². The van der Waals surface area contributed by atoms with Gasteiger partial charge >= 0.3 is 0 Å². The first-order valence-corrected chi connectivity index (χ1v) is 11.7. The second kappa shape index (κ2) is 9.89. The SMILES string of the molecule is CCC(C)NC(=O)c1ccccc1NC(=O)CN(c1ccc(Br)cc1)S(C)(=O)=O. The Balaban J connectivity index is 2.21. The molecule has 2 amide bonds. The molecule has 0 saturated carbocycles. The quantitative estimate of drug-likeness (QED) is 0.603. The topological polar surface area (TPSA) is 95.6 Å². The number of benzene rings is 2. The Bertz CT molecular complexity index is 977. The molecule has 2 aromatic carbocycles. The molecule has 156 valence electrons. The maximum atomic E-state index is 12.6. The zero-order valence-electron chi connectivity index (χ0n) is 16.5. The minimum Gasteiger partial charge on any atom is -0.350 e. The van der Waals surface area contributed by atoms with Crippen LogP contribution in [0.4, 0.5) is 11.4 Å². The Morgan fingerprint density at radius 3 is 2.31 bits per heavy atom. The van der Waals surface area contributed by atoms with E-state index in [2.05, 4.69) is 26.6 Å². The molecule has 9 heteroatoms. The van der Waals surface area contributed by atoms with Gasteiger partial charge in [0.1, 0.15) is 6.54 Å². The van der Waals surface area contributed by atoms with Crippen molar-refractivity contribution in [3.8, 4) is 0 Å². The fourth-order valence-corrected chi connectivity index (χ4v) is 3.64. The number of anilines is 2. The van der Waals surface area contributed by atoms with Crippen molar-refractivity contribution >= 4 is 49.1 Å². The first-order valence-electron chi connectivity index (χ1n) is 9.04. The summed E-state index contributed by atoms with van der Waals surface area (Å²) in [4.78, 5) is 25.1. The summed E-state index contributed by atoms with van der Waals surface area (Å²) in [7, 11) is -3.69. The monoisotopic (exact) mass is 481 g/mol. The molecule has 0 spiro atoms. The van der Waals surface area contributed by atoms with Gasteiger partial charge in [-0.3, -0.25) is 13.9 Å². The second-order valence-corrected chi connectivity index (χ2v) is 9.45. The molecule has 0 heterocycles. The maximum absolute atomic E-state index is 12.6. The fraction of sp³-hybridized carbons (Fsp3) is 0.300. The van der Waals surface area contributed by atoms with Crippen molar-refractivity contribution in [3.63, 3.8) is 0 Å². The summed E-state index contributed by atoms with van der Waals surface area (Å²) in [5, 5.41) is 5.51. The first-order chi connectivity index (χ1) is 13.6. The first kappa shape index (κ1) is 22.9. The molecule has 0 aliphatic rings. The van der Waals surface area contributed by atoms with Gasteiger partial charge in [0.05, 0.1) is 23.2 Å². The van der Waals surface area contributed by atoms with Gasteiger partial charge in [-0.2, -0.15) is 0 Å².